The molecule has 1 aliphatic carbocycles. The summed E-state index contributed by atoms with van der Waals surface area (Å²) in [5, 5.41) is 16.0. The Bertz CT molecular complexity index is 979. The van der Waals surface area contributed by atoms with E-state index in [-0.39, 0.29) is 17.6 Å². The number of nitrogens with zero attached hydrogens (tertiary/aromatic N) is 2. The Labute approximate surface area is 192 Å². The van der Waals surface area contributed by atoms with Gasteiger partial charge in [-0.3, -0.25) is 19.7 Å². The molecule has 1 aliphatic rings. The fraction of sp³-hybridized carbons (Fsp3) is 0.350. The lowest BCUT2D eigenvalue weighted by Crippen LogP contribution is -2.34. The fourth-order valence-electron chi connectivity index (χ4n) is 3.03. The van der Waals surface area contributed by atoms with Crippen molar-refractivity contribution in [2.24, 2.45) is 11.8 Å². The molecular weight excluding hydrogens is 456 g/mol. The maximum Gasteiger partial charge on any atom is 0.307 e. The van der Waals surface area contributed by atoms with Gasteiger partial charge in [-0.2, -0.15) is 9.36 Å². The Morgan fingerprint density at radius 1 is 1.16 bits per heavy atom. The van der Waals surface area contributed by atoms with Crippen LogP contribution in [0.4, 0.5) is 10.8 Å². The SMILES string of the molecule is CCSc1nsc(NC(=O)CSc2cccc(NC(=O)C3CC=CCC3C(=O)O)c2)n1. The molecule has 0 fully saturated rings. The number of aliphatic carboxylic acids is 1. The average molecular weight is 479 g/mol. The van der Waals surface area contributed by atoms with E-state index in [2.05, 4.69) is 20.0 Å². The van der Waals surface area contributed by atoms with Gasteiger partial charge in [-0.15, -0.1) is 11.8 Å². The maximum absolute atomic E-state index is 12.6. The molecular formula is C20H22N4O4S3. The van der Waals surface area contributed by atoms with Gasteiger partial charge in [-0.05, 0) is 36.8 Å². The van der Waals surface area contributed by atoms with Gasteiger partial charge in [0.15, 0.2) is 0 Å². The number of carbonyl (C=O) groups is 3. The molecule has 0 saturated carbocycles. The molecule has 11 heteroatoms. The normalized spacial score (nSPS) is 17.8. The van der Waals surface area contributed by atoms with Crippen molar-refractivity contribution in [3.05, 3.63) is 36.4 Å². The molecule has 2 amide bonds. The molecule has 1 aromatic heterocycles. The van der Waals surface area contributed by atoms with Crippen LogP contribution >= 0.6 is 35.1 Å². The van der Waals surface area contributed by atoms with Crippen molar-refractivity contribution in [3.63, 3.8) is 0 Å². The molecule has 0 saturated heterocycles. The minimum atomic E-state index is -0.962. The minimum Gasteiger partial charge on any atom is -0.481 e. The summed E-state index contributed by atoms with van der Waals surface area (Å²) in [6.07, 6.45) is 4.40. The third-order valence-electron chi connectivity index (χ3n) is 4.49. The summed E-state index contributed by atoms with van der Waals surface area (Å²) in [6, 6.07) is 7.14. The van der Waals surface area contributed by atoms with Crippen LogP contribution < -0.4 is 10.6 Å². The number of aromatic nitrogens is 2. The zero-order chi connectivity index (χ0) is 22.2. The summed E-state index contributed by atoms with van der Waals surface area (Å²) >= 11 is 3.99. The number of hydrogen-bond donors (Lipinski definition) is 3. The smallest absolute Gasteiger partial charge is 0.307 e. The Balaban J connectivity index is 1.53. The monoisotopic (exact) mass is 478 g/mol. The topological polar surface area (TPSA) is 121 Å². The van der Waals surface area contributed by atoms with Gasteiger partial charge in [0.2, 0.25) is 22.1 Å². The Morgan fingerprint density at radius 2 is 1.94 bits per heavy atom. The summed E-state index contributed by atoms with van der Waals surface area (Å²) in [6.45, 7) is 2.01. The van der Waals surface area contributed by atoms with Crippen LogP contribution in [0.5, 0.6) is 0 Å². The second kappa shape index (κ2) is 11.3. The van der Waals surface area contributed by atoms with E-state index in [0.29, 0.717) is 28.8 Å². The fourth-order valence-corrected chi connectivity index (χ4v) is 5.07. The first-order chi connectivity index (χ1) is 15.0. The Kier molecular flexibility index (Phi) is 8.50. The molecule has 2 atom stereocenters. The van der Waals surface area contributed by atoms with E-state index in [1.54, 1.807) is 24.3 Å². The molecule has 3 rings (SSSR count). The molecule has 1 heterocycles. The molecule has 0 radical (unpaired) electrons. The third kappa shape index (κ3) is 6.81. The van der Waals surface area contributed by atoms with Gasteiger partial charge in [-0.1, -0.05) is 36.9 Å². The lowest BCUT2D eigenvalue weighted by molar-refractivity contribution is -0.146. The number of amides is 2. The molecule has 0 bridgehead atoms. The van der Waals surface area contributed by atoms with Crippen LogP contribution in [-0.4, -0.2) is 43.8 Å². The maximum atomic E-state index is 12.6. The van der Waals surface area contributed by atoms with Crippen LogP contribution in [-0.2, 0) is 14.4 Å². The number of rotatable bonds is 9. The van der Waals surface area contributed by atoms with Crippen molar-refractivity contribution in [2.75, 3.05) is 22.1 Å². The molecule has 1 aromatic carbocycles. The summed E-state index contributed by atoms with van der Waals surface area (Å²) < 4.78 is 4.16. The first-order valence-electron chi connectivity index (χ1n) is 9.64. The van der Waals surface area contributed by atoms with Crippen molar-refractivity contribution in [3.8, 4) is 0 Å². The molecule has 2 aromatic rings. The number of anilines is 2. The molecule has 31 heavy (non-hydrogen) atoms. The van der Waals surface area contributed by atoms with Crippen LogP contribution in [0.3, 0.4) is 0 Å². The summed E-state index contributed by atoms with van der Waals surface area (Å²) in [4.78, 5) is 41.3. The van der Waals surface area contributed by atoms with Crippen LogP contribution in [0, 0.1) is 11.8 Å². The molecule has 164 valence electrons. The highest BCUT2D eigenvalue weighted by Crippen LogP contribution is 2.28. The first-order valence-corrected chi connectivity index (χ1v) is 12.4. The Morgan fingerprint density at radius 3 is 2.68 bits per heavy atom. The average Bonchev–Trinajstić information content (AvgIpc) is 3.19. The van der Waals surface area contributed by atoms with E-state index in [1.165, 1.54) is 23.5 Å². The number of hydrogen-bond acceptors (Lipinski definition) is 8. The van der Waals surface area contributed by atoms with Crippen LogP contribution in [0.25, 0.3) is 0 Å². The number of thioether (sulfide) groups is 2. The van der Waals surface area contributed by atoms with E-state index in [9.17, 15) is 19.5 Å². The van der Waals surface area contributed by atoms with Crippen LogP contribution in [0.1, 0.15) is 19.8 Å². The molecule has 2 unspecified atom stereocenters. The van der Waals surface area contributed by atoms with Gasteiger partial charge >= 0.3 is 5.97 Å². The van der Waals surface area contributed by atoms with Crippen molar-refractivity contribution in [1.29, 1.82) is 0 Å². The third-order valence-corrected chi connectivity index (χ3v) is 6.95. The minimum absolute atomic E-state index is 0.182. The second-order valence-electron chi connectivity index (χ2n) is 6.66. The van der Waals surface area contributed by atoms with E-state index in [1.807, 2.05) is 19.1 Å². The van der Waals surface area contributed by atoms with E-state index >= 15 is 0 Å². The van der Waals surface area contributed by atoms with E-state index < -0.39 is 17.8 Å². The molecule has 3 N–H and O–H groups in total. The molecule has 0 spiro atoms. The van der Waals surface area contributed by atoms with E-state index in [4.69, 9.17) is 0 Å². The molecule has 0 aliphatic heterocycles. The largest absolute Gasteiger partial charge is 0.481 e. The number of allylic oxidation sites excluding steroid dienone is 2. The highest BCUT2D eigenvalue weighted by atomic mass is 32.2. The number of nitrogens with one attached hydrogen (secondary N) is 2. The summed E-state index contributed by atoms with van der Waals surface area (Å²) in [5.74, 6) is -1.75. The quantitative estimate of drug-likeness (QED) is 0.365. The van der Waals surface area contributed by atoms with Gasteiger partial charge < -0.3 is 10.4 Å². The number of carboxylic acids is 1. The van der Waals surface area contributed by atoms with Gasteiger partial charge in [0.25, 0.3) is 0 Å². The van der Waals surface area contributed by atoms with Gasteiger partial charge in [0, 0.05) is 22.1 Å². The zero-order valence-corrected chi connectivity index (χ0v) is 19.2. The second-order valence-corrected chi connectivity index (χ2v) is 9.69. The van der Waals surface area contributed by atoms with Gasteiger partial charge in [-0.25, -0.2) is 0 Å². The lowest BCUT2D eigenvalue weighted by Gasteiger charge is -2.24. The predicted octanol–water partition coefficient (Wildman–Crippen LogP) is 3.99. The van der Waals surface area contributed by atoms with E-state index in [0.717, 1.165) is 22.2 Å². The standard InChI is InChI=1S/C20H22N4O4S3/c1-2-29-20-23-19(31-24-20)22-16(25)11-30-13-7-5-6-12(10-13)21-17(26)14-8-3-4-9-15(14)18(27)28/h3-7,10,14-15H,2,8-9,11H2,1H3,(H,21,26)(H,27,28)(H,22,23,24,25). The summed E-state index contributed by atoms with van der Waals surface area (Å²) in [5.41, 5.74) is 0.569. The number of carboxylic acid groups (broad SMARTS) is 1. The predicted molar refractivity (Wildman–Crippen MR) is 124 cm³/mol. The molecule has 8 nitrogen and oxygen atoms in total. The lowest BCUT2D eigenvalue weighted by atomic mass is 9.82. The van der Waals surface area contributed by atoms with Gasteiger partial charge in [0.1, 0.15) is 0 Å². The number of benzene rings is 1. The van der Waals surface area contributed by atoms with Crippen LogP contribution in [0.15, 0.2) is 46.5 Å². The summed E-state index contributed by atoms with van der Waals surface area (Å²) in [7, 11) is 0. The highest BCUT2D eigenvalue weighted by Gasteiger charge is 2.33. The van der Waals surface area contributed by atoms with Gasteiger partial charge in [0.05, 0.1) is 17.6 Å². The highest BCUT2D eigenvalue weighted by molar-refractivity contribution is 8.00. The van der Waals surface area contributed by atoms with Crippen molar-refractivity contribution in [2.45, 2.75) is 29.8 Å². The first kappa shape index (κ1) is 23.3. The van der Waals surface area contributed by atoms with Crippen LogP contribution in [0.2, 0.25) is 0 Å². The van der Waals surface area contributed by atoms with Crippen molar-refractivity contribution >= 4 is 63.7 Å². The Hall–Kier alpha value is -2.37. The zero-order valence-electron chi connectivity index (χ0n) is 16.7. The van der Waals surface area contributed by atoms with Crippen molar-refractivity contribution in [1.82, 2.24) is 9.36 Å². The number of carbonyl (C=O) groups excluding carboxylic acids is 2. The van der Waals surface area contributed by atoms with Crippen molar-refractivity contribution < 1.29 is 19.5 Å².